The van der Waals surface area contributed by atoms with Gasteiger partial charge in [0.15, 0.2) is 0 Å². The van der Waals surface area contributed by atoms with Gasteiger partial charge in [-0.05, 0) is 56.2 Å². The van der Waals surface area contributed by atoms with Gasteiger partial charge in [-0.25, -0.2) is 4.79 Å². The van der Waals surface area contributed by atoms with Crippen LogP contribution in [0.15, 0.2) is 54.6 Å². The minimum atomic E-state index is -0.598. The second-order valence-electron chi connectivity index (χ2n) is 8.21. The van der Waals surface area contributed by atoms with Gasteiger partial charge in [-0.15, -0.1) is 0 Å². The monoisotopic (exact) mass is 453 g/mol. The number of hydrogen-bond acceptors (Lipinski definition) is 5. The van der Waals surface area contributed by atoms with Crippen LogP contribution in [0.1, 0.15) is 38.3 Å². The number of rotatable bonds is 9. The lowest BCUT2D eigenvalue weighted by molar-refractivity contribution is -0.117. The summed E-state index contributed by atoms with van der Waals surface area (Å²) >= 11 is 0. The van der Waals surface area contributed by atoms with E-state index in [0.717, 1.165) is 16.9 Å². The van der Waals surface area contributed by atoms with E-state index in [4.69, 9.17) is 9.47 Å². The number of anilines is 1. The topological polar surface area (TPSA) is 106 Å². The molecule has 2 aromatic rings. The van der Waals surface area contributed by atoms with Gasteiger partial charge in [0.1, 0.15) is 11.4 Å². The molecule has 3 N–H and O–H groups in total. The Labute approximate surface area is 194 Å². The fourth-order valence-electron chi connectivity index (χ4n) is 2.73. The summed E-state index contributed by atoms with van der Waals surface area (Å²) < 4.78 is 10.2. The number of methoxy groups -OCH3 is 1. The Hall–Kier alpha value is -3.81. The van der Waals surface area contributed by atoms with Crippen LogP contribution in [-0.2, 0) is 20.9 Å². The zero-order valence-electron chi connectivity index (χ0n) is 19.4. The average Bonchev–Trinajstić information content (AvgIpc) is 2.76. The summed E-state index contributed by atoms with van der Waals surface area (Å²) in [5.41, 5.74) is 1.63. The molecule has 0 aliphatic heterocycles. The van der Waals surface area contributed by atoms with Crippen LogP contribution < -0.4 is 20.7 Å². The van der Waals surface area contributed by atoms with Crippen molar-refractivity contribution in [2.45, 2.75) is 39.3 Å². The number of para-hydroxylation sites is 1. The molecule has 0 unspecified atom stereocenters. The molecular formula is C25H31N3O5. The molecule has 0 heterocycles. The summed E-state index contributed by atoms with van der Waals surface area (Å²) in [6, 6.07) is 14.5. The van der Waals surface area contributed by atoms with E-state index in [1.165, 1.54) is 6.08 Å². The highest BCUT2D eigenvalue weighted by atomic mass is 16.6. The van der Waals surface area contributed by atoms with Gasteiger partial charge < -0.3 is 25.4 Å². The van der Waals surface area contributed by atoms with Gasteiger partial charge in [0.05, 0.1) is 7.11 Å². The first-order valence-corrected chi connectivity index (χ1v) is 10.6. The van der Waals surface area contributed by atoms with Crippen molar-refractivity contribution in [1.29, 1.82) is 0 Å². The Balaban J connectivity index is 1.82. The van der Waals surface area contributed by atoms with Gasteiger partial charge in [0.2, 0.25) is 11.8 Å². The lowest BCUT2D eigenvalue weighted by atomic mass is 10.1. The quantitative estimate of drug-likeness (QED) is 0.500. The summed E-state index contributed by atoms with van der Waals surface area (Å²) in [5, 5.41) is 8.17. The predicted molar refractivity (Wildman–Crippen MR) is 128 cm³/mol. The van der Waals surface area contributed by atoms with Crippen LogP contribution in [-0.4, -0.2) is 37.2 Å². The number of ether oxygens (including phenoxy) is 2. The second kappa shape index (κ2) is 12.3. The molecule has 0 atom stereocenters. The Morgan fingerprint density at radius 2 is 1.67 bits per heavy atom. The number of carbonyl (C=O) groups is 3. The summed E-state index contributed by atoms with van der Waals surface area (Å²) in [7, 11) is 1.60. The van der Waals surface area contributed by atoms with E-state index in [9.17, 15) is 14.4 Å². The van der Waals surface area contributed by atoms with E-state index in [0.29, 0.717) is 5.69 Å². The summed E-state index contributed by atoms with van der Waals surface area (Å²) in [6.07, 6.45) is 2.68. The molecule has 0 saturated heterocycles. The Bertz CT molecular complexity index is 978. The molecule has 0 bridgehead atoms. The Kier molecular flexibility index (Phi) is 9.47. The summed E-state index contributed by atoms with van der Waals surface area (Å²) in [6.45, 7) is 5.70. The van der Waals surface area contributed by atoms with Crippen LogP contribution in [0.5, 0.6) is 5.75 Å². The van der Waals surface area contributed by atoms with Crippen molar-refractivity contribution in [1.82, 2.24) is 10.6 Å². The zero-order valence-corrected chi connectivity index (χ0v) is 19.4. The smallest absolute Gasteiger partial charge is 0.407 e. The van der Waals surface area contributed by atoms with Crippen LogP contribution in [0.3, 0.4) is 0 Å². The average molecular weight is 454 g/mol. The van der Waals surface area contributed by atoms with Gasteiger partial charge in [0.25, 0.3) is 0 Å². The van der Waals surface area contributed by atoms with Crippen LogP contribution >= 0.6 is 0 Å². The van der Waals surface area contributed by atoms with E-state index >= 15 is 0 Å². The van der Waals surface area contributed by atoms with Crippen molar-refractivity contribution in [2.75, 3.05) is 19.0 Å². The molecular weight excluding hydrogens is 422 g/mol. The predicted octanol–water partition coefficient (Wildman–Crippen LogP) is 3.88. The molecule has 8 heteroatoms. The molecule has 0 radical (unpaired) electrons. The number of amides is 3. The Morgan fingerprint density at radius 1 is 0.970 bits per heavy atom. The molecule has 2 aromatic carbocycles. The molecule has 0 aliphatic carbocycles. The minimum Gasteiger partial charge on any atom is -0.497 e. The van der Waals surface area contributed by atoms with Crippen molar-refractivity contribution in [3.05, 3.63) is 65.7 Å². The third kappa shape index (κ3) is 9.90. The number of benzene rings is 2. The maximum atomic E-state index is 12.3. The van der Waals surface area contributed by atoms with Crippen molar-refractivity contribution in [2.24, 2.45) is 0 Å². The lowest BCUT2D eigenvalue weighted by Gasteiger charge is -2.19. The van der Waals surface area contributed by atoms with Gasteiger partial charge >= 0.3 is 6.09 Å². The highest BCUT2D eigenvalue weighted by molar-refractivity contribution is 5.93. The highest BCUT2D eigenvalue weighted by Crippen LogP contribution is 2.15. The minimum absolute atomic E-state index is 0.0878. The number of alkyl carbamates (subject to hydrolysis) is 1. The molecule has 0 aliphatic rings. The van der Waals surface area contributed by atoms with Crippen LogP contribution in [0.25, 0.3) is 6.08 Å². The molecule has 3 amide bonds. The number of nitrogens with one attached hydrogen (secondary N) is 3. The van der Waals surface area contributed by atoms with E-state index < -0.39 is 11.7 Å². The van der Waals surface area contributed by atoms with Crippen molar-refractivity contribution < 1.29 is 23.9 Å². The SMILES string of the molecule is COc1ccc(/C=C/C(=O)NCc2ccccc2NC(=O)CCNC(=O)OC(C)(C)C)cc1. The van der Waals surface area contributed by atoms with Crippen molar-refractivity contribution in [3.63, 3.8) is 0 Å². The van der Waals surface area contributed by atoms with Crippen molar-refractivity contribution in [3.8, 4) is 5.75 Å². The first kappa shape index (κ1) is 25.5. The summed E-state index contributed by atoms with van der Waals surface area (Å²) in [5.74, 6) is 0.230. The normalized spacial score (nSPS) is 11.0. The molecule has 2 rings (SSSR count). The van der Waals surface area contributed by atoms with Gasteiger partial charge in [-0.3, -0.25) is 9.59 Å². The van der Waals surface area contributed by atoms with E-state index in [1.807, 2.05) is 36.4 Å². The Morgan fingerprint density at radius 3 is 2.33 bits per heavy atom. The standard InChI is InChI=1S/C25H31N3O5/c1-25(2,3)33-24(31)26-16-15-23(30)28-21-8-6-5-7-19(21)17-27-22(29)14-11-18-9-12-20(32-4)13-10-18/h5-14H,15-17H2,1-4H3,(H,26,31)(H,27,29)(H,28,30)/b14-11+. The molecule has 0 saturated carbocycles. The third-order valence-corrected chi connectivity index (χ3v) is 4.31. The van der Waals surface area contributed by atoms with Gasteiger partial charge in [-0.2, -0.15) is 0 Å². The highest BCUT2D eigenvalue weighted by Gasteiger charge is 2.16. The fraction of sp³-hybridized carbons (Fsp3) is 0.320. The van der Waals surface area contributed by atoms with E-state index in [2.05, 4.69) is 16.0 Å². The van der Waals surface area contributed by atoms with E-state index in [1.54, 1.807) is 46.1 Å². The summed E-state index contributed by atoms with van der Waals surface area (Å²) in [4.78, 5) is 36.1. The van der Waals surface area contributed by atoms with Crippen LogP contribution in [0.2, 0.25) is 0 Å². The van der Waals surface area contributed by atoms with Gasteiger partial charge in [0, 0.05) is 31.3 Å². The first-order valence-electron chi connectivity index (χ1n) is 10.6. The molecule has 0 fully saturated rings. The molecule has 0 aromatic heterocycles. The maximum absolute atomic E-state index is 12.3. The van der Waals surface area contributed by atoms with Crippen LogP contribution in [0, 0.1) is 0 Å². The van der Waals surface area contributed by atoms with Gasteiger partial charge in [-0.1, -0.05) is 30.3 Å². The number of hydrogen-bond donors (Lipinski definition) is 3. The third-order valence-electron chi connectivity index (χ3n) is 4.31. The number of carbonyl (C=O) groups excluding carboxylic acids is 3. The first-order chi connectivity index (χ1) is 15.7. The van der Waals surface area contributed by atoms with E-state index in [-0.39, 0.29) is 31.3 Å². The zero-order chi connectivity index (χ0) is 24.3. The molecule has 33 heavy (non-hydrogen) atoms. The lowest BCUT2D eigenvalue weighted by Crippen LogP contribution is -2.34. The van der Waals surface area contributed by atoms with Crippen LogP contribution in [0.4, 0.5) is 10.5 Å². The fourth-order valence-corrected chi connectivity index (χ4v) is 2.73. The van der Waals surface area contributed by atoms with Crippen molar-refractivity contribution >= 4 is 29.7 Å². The second-order valence-corrected chi connectivity index (χ2v) is 8.21. The molecule has 176 valence electrons. The molecule has 0 spiro atoms. The maximum Gasteiger partial charge on any atom is 0.407 e. The largest absolute Gasteiger partial charge is 0.497 e. The molecule has 8 nitrogen and oxygen atoms in total.